The quantitative estimate of drug-likeness (QED) is 0.770. The minimum Gasteiger partial charge on any atom is -0.346 e. The molecular weight excluding hydrogens is 360 g/mol. The molecule has 3 heterocycles. The third-order valence-corrected chi connectivity index (χ3v) is 5.24. The van der Waals surface area contributed by atoms with Gasteiger partial charge in [0.1, 0.15) is 6.04 Å². The first-order chi connectivity index (χ1) is 13.2. The van der Waals surface area contributed by atoms with E-state index in [1.54, 1.807) is 4.90 Å². The largest absolute Gasteiger partial charge is 0.346 e. The lowest BCUT2D eigenvalue weighted by atomic mass is 9.92. The van der Waals surface area contributed by atoms with Crippen LogP contribution in [0.1, 0.15) is 33.3 Å². The minimum absolute atomic E-state index is 0.0612. The highest BCUT2D eigenvalue weighted by Crippen LogP contribution is 2.37. The molecule has 154 valence electrons. The van der Waals surface area contributed by atoms with E-state index in [1.165, 1.54) is 6.92 Å². The molecule has 3 aliphatic rings. The molecule has 0 aliphatic carbocycles. The maximum atomic E-state index is 13.0. The molecule has 1 N–H and O–H groups in total. The summed E-state index contributed by atoms with van der Waals surface area (Å²) in [5, 5.41) is 2.88. The summed E-state index contributed by atoms with van der Waals surface area (Å²) < 4.78 is 17.2. The standard InChI is InChI=1S/C21H30N2O5/c1-15(2)18(23(16(3)24)10-17-8-6-5-7-9-17)19(25)22-11-21-26-12-20(4,13-27-21)14-28-21/h5-9,15,18H,10-14H2,1-4H3,(H,22,25). The van der Waals surface area contributed by atoms with Crippen molar-refractivity contribution in [3.05, 3.63) is 35.9 Å². The monoisotopic (exact) mass is 390 g/mol. The van der Waals surface area contributed by atoms with Gasteiger partial charge >= 0.3 is 5.97 Å². The number of hydrogen-bond acceptors (Lipinski definition) is 5. The zero-order valence-electron chi connectivity index (χ0n) is 17.1. The molecule has 1 atom stereocenters. The average molecular weight is 390 g/mol. The topological polar surface area (TPSA) is 77.1 Å². The first kappa shape index (κ1) is 20.8. The molecule has 4 rings (SSSR count). The third-order valence-electron chi connectivity index (χ3n) is 5.24. The lowest BCUT2D eigenvalue weighted by Gasteiger charge is -2.50. The summed E-state index contributed by atoms with van der Waals surface area (Å²) in [5.74, 6) is -1.68. The van der Waals surface area contributed by atoms with Gasteiger partial charge in [0.05, 0.1) is 26.4 Å². The van der Waals surface area contributed by atoms with Crippen LogP contribution in [0.5, 0.6) is 0 Å². The van der Waals surface area contributed by atoms with Crippen LogP contribution in [0.2, 0.25) is 0 Å². The molecule has 3 fully saturated rings. The summed E-state index contributed by atoms with van der Waals surface area (Å²) in [6.45, 7) is 9.44. The van der Waals surface area contributed by atoms with Crippen molar-refractivity contribution in [3.8, 4) is 0 Å². The second-order valence-electron chi connectivity index (χ2n) is 8.40. The van der Waals surface area contributed by atoms with Crippen LogP contribution in [-0.4, -0.2) is 55.1 Å². The van der Waals surface area contributed by atoms with Gasteiger partial charge in [-0.1, -0.05) is 51.1 Å². The zero-order chi connectivity index (χ0) is 20.4. The number of nitrogens with zero attached hydrogens (tertiary/aromatic N) is 1. The van der Waals surface area contributed by atoms with Crippen molar-refractivity contribution in [1.82, 2.24) is 10.2 Å². The zero-order valence-corrected chi connectivity index (χ0v) is 17.1. The number of ether oxygens (including phenoxy) is 3. The average Bonchev–Trinajstić information content (AvgIpc) is 2.67. The molecule has 3 saturated heterocycles. The molecule has 7 nitrogen and oxygen atoms in total. The Morgan fingerprint density at radius 3 is 2.18 bits per heavy atom. The Balaban J connectivity index is 1.68. The number of nitrogens with one attached hydrogen (secondary N) is 1. The number of carbonyl (C=O) groups is 2. The van der Waals surface area contributed by atoms with E-state index >= 15 is 0 Å². The maximum Gasteiger partial charge on any atom is 0.301 e. The molecule has 1 aromatic carbocycles. The van der Waals surface area contributed by atoms with Crippen LogP contribution in [-0.2, 0) is 30.3 Å². The van der Waals surface area contributed by atoms with Crippen molar-refractivity contribution < 1.29 is 23.8 Å². The first-order valence-electron chi connectivity index (χ1n) is 9.74. The van der Waals surface area contributed by atoms with Crippen LogP contribution < -0.4 is 5.32 Å². The fraction of sp³-hybridized carbons (Fsp3) is 0.619. The summed E-state index contributed by atoms with van der Waals surface area (Å²) in [5.41, 5.74) is 0.844. The summed E-state index contributed by atoms with van der Waals surface area (Å²) in [7, 11) is 0. The van der Waals surface area contributed by atoms with Gasteiger partial charge in [0.25, 0.3) is 0 Å². The van der Waals surface area contributed by atoms with E-state index in [4.69, 9.17) is 14.2 Å². The Labute approximate surface area is 166 Å². The number of fused-ring (bicyclic) bond motifs is 3. The number of benzene rings is 1. The second kappa shape index (κ2) is 8.19. The van der Waals surface area contributed by atoms with Crippen LogP contribution in [0.3, 0.4) is 0 Å². The highest BCUT2D eigenvalue weighted by molar-refractivity contribution is 5.87. The van der Waals surface area contributed by atoms with Gasteiger partial charge in [-0.15, -0.1) is 0 Å². The number of hydrogen-bond donors (Lipinski definition) is 1. The first-order valence-corrected chi connectivity index (χ1v) is 9.74. The van der Waals surface area contributed by atoms with E-state index in [9.17, 15) is 9.59 Å². The van der Waals surface area contributed by atoms with Gasteiger partial charge in [-0.25, -0.2) is 0 Å². The van der Waals surface area contributed by atoms with E-state index in [-0.39, 0.29) is 29.7 Å². The molecule has 0 saturated carbocycles. The van der Waals surface area contributed by atoms with Gasteiger partial charge in [0.15, 0.2) is 0 Å². The van der Waals surface area contributed by atoms with Crippen LogP contribution >= 0.6 is 0 Å². The Hall–Kier alpha value is -1.96. The fourth-order valence-electron chi connectivity index (χ4n) is 3.55. The number of carbonyl (C=O) groups excluding carboxylic acids is 2. The van der Waals surface area contributed by atoms with E-state index in [0.717, 1.165) is 5.56 Å². The van der Waals surface area contributed by atoms with Crippen molar-refractivity contribution >= 4 is 11.8 Å². The maximum absolute atomic E-state index is 13.0. The lowest BCUT2D eigenvalue weighted by molar-refractivity contribution is -0.461. The van der Waals surface area contributed by atoms with Crippen molar-refractivity contribution in [2.24, 2.45) is 11.3 Å². The molecule has 0 aromatic heterocycles. The van der Waals surface area contributed by atoms with E-state index in [2.05, 4.69) is 5.32 Å². The Kier molecular flexibility index (Phi) is 6.07. The van der Waals surface area contributed by atoms with Gasteiger partial charge in [0.2, 0.25) is 11.8 Å². The molecule has 0 spiro atoms. The molecular formula is C21H30N2O5. The van der Waals surface area contributed by atoms with Crippen LogP contribution in [0, 0.1) is 11.3 Å². The highest BCUT2D eigenvalue weighted by atomic mass is 16.9. The van der Waals surface area contributed by atoms with Crippen molar-refractivity contribution in [2.75, 3.05) is 26.4 Å². The van der Waals surface area contributed by atoms with Crippen molar-refractivity contribution in [2.45, 2.75) is 46.3 Å². The molecule has 2 amide bonds. The summed E-state index contributed by atoms with van der Waals surface area (Å²) >= 11 is 0. The van der Waals surface area contributed by atoms with E-state index in [0.29, 0.717) is 26.4 Å². The van der Waals surface area contributed by atoms with E-state index < -0.39 is 12.0 Å². The van der Waals surface area contributed by atoms with Gasteiger partial charge in [-0.2, -0.15) is 0 Å². The molecule has 1 unspecified atom stereocenters. The lowest BCUT2D eigenvalue weighted by Crippen LogP contribution is -2.64. The normalized spacial score (nSPS) is 27.5. The Morgan fingerprint density at radius 2 is 1.68 bits per heavy atom. The minimum atomic E-state index is -1.23. The number of amides is 2. The molecule has 28 heavy (non-hydrogen) atoms. The van der Waals surface area contributed by atoms with Crippen molar-refractivity contribution in [1.29, 1.82) is 0 Å². The van der Waals surface area contributed by atoms with Crippen LogP contribution in [0.25, 0.3) is 0 Å². The second-order valence-corrected chi connectivity index (χ2v) is 8.40. The molecule has 2 bridgehead atoms. The molecule has 3 aliphatic heterocycles. The summed E-state index contributed by atoms with van der Waals surface area (Å²) in [6, 6.07) is 9.05. The predicted octanol–water partition coefficient (Wildman–Crippen LogP) is 1.91. The van der Waals surface area contributed by atoms with Crippen LogP contribution in [0.4, 0.5) is 0 Å². The summed E-state index contributed by atoms with van der Waals surface area (Å²) in [6.07, 6.45) is 0. The van der Waals surface area contributed by atoms with Crippen LogP contribution in [0.15, 0.2) is 30.3 Å². The predicted molar refractivity (Wildman–Crippen MR) is 103 cm³/mol. The molecule has 1 aromatic rings. The molecule has 7 heteroatoms. The number of rotatable bonds is 7. The van der Waals surface area contributed by atoms with Crippen molar-refractivity contribution in [3.63, 3.8) is 0 Å². The Bertz CT molecular complexity index is 681. The van der Waals surface area contributed by atoms with Gasteiger partial charge in [-0.3, -0.25) is 9.59 Å². The third kappa shape index (κ3) is 4.54. The smallest absolute Gasteiger partial charge is 0.301 e. The highest BCUT2D eigenvalue weighted by Gasteiger charge is 2.50. The van der Waals surface area contributed by atoms with Gasteiger partial charge in [-0.05, 0) is 11.5 Å². The Morgan fingerprint density at radius 1 is 1.11 bits per heavy atom. The SMILES string of the molecule is CC(=O)N(Cc1ccccc1)C(C(=O)NCC12OCC(C)(CO1)CO2)C(C)C. The molecule has 0 radical (unpaired) electrons. The van der Waals surface area contributed by atoms with E-state index in [1.807, 2.05) is 51.1 Å². The van der Waals surface area contributed by atoms with Gasteiger partial charge < -0.3 is 24.4 Å². The fourth-order valence-corrected chi connectivity index (χ4v) is 3.55. The van der Waals surface area contributed by atoms with Gasteiger partial charge in [0, 0.05) is 18.9 Å². The summed E-state index contributed by atoms with van der Waals surface area (Å²) in [4.78, 5) is 27.0.